The molecule has 0 N–H and O–H groups in total. The van der Waals surface area contributed by atoms with Gasteiger partial charge in [-0.1, -0.05) is 30.3 Å². The van der Waals surface area contributed by atoms with Gasteiger partial charge in [-0.25, -0.2) is 9.37 Å². The van der Waals surface area contributed by atoms with Gasteiger partial charge in [-0.15, -0.1) is 0 Å². The van der Waals surface area contributed by atoms with E-state index in [-0.39, 0.29) is 11.7 Å². The van der Waals surface area contributed by atoms with Gasteiger partial charge in [0.2, 0.25) is 5.91 Å². The van der Waals surface area contributed by atoms with E-state index in [1.165, 1.54) is 23.3 Å². The minimum Gasteiger partial charge on any atom is -0.334 e. The maximum atomic E-state index is 14.3. The van der Waals surface area contributed by atoms with Crippen LogP contribution in [0.4, 0.5) is 4.39 Å². The first kappa shape index (κ1) is 16.3. The van der Waals surface area contributed by atoms with E-state index in [9.17, 15) is 9.18 Å². The number of benzene rings is 2. The van der Waals surface area contributed by atoms with Gasteiger partial charge in [0, 0.05) is 31.6 Å². The zero-order chi connectivity index (χ0) is 17.9. The predicted octanol–water partition coefficient (Wildman–Crippen LogP) is 3.61. The molecule has 0 bridgehead atoms. The van der Waals surface area contributed by atoms with E-state index in [0.717, 1.165) is 6.42 Å². The number of hydrogen-bond donors (Lipinski definition) is 0. The summed E-state index contributed by atoms with van der Waals surface area (Å²) in [6, 6.07) is 13.1. The van der Waals surface area contributed by atoms with Crippen LogP contribution in [-0.4, -0.2) is 26.9 Å². The minimum absolute atomic E-state index is 0.0569. The fourth-order valence-electron chi connectivity index (χ4n) is 3.19. The Morgan fingerprint density at radius 1 is 1.15 bits per heavy atom. The maximum Gasteiger partial charge on any atom is 0.246 e. The number of hydrogen-bond acceptors (Lipinski definition) is 2. The van der Waals surface area contributed by atoms with Crippen LogP contribution in [0.15, 0.2) is 67.3 Å². The Morgan fingerprint density at radius 3 is 2.77 bits per heavy atom. The number of aromatic nitrogens is 2. The Kier molecular flexibility index (Phi) is 4.35. The minimum atomic E-state index is -0.357. The number of imidazole rings is 1. The lowest BCUT2D eigenvalue weighted by Gasteiger charge is -2.27. The lowest BCUT2D eigenvalue weighted by molar-refractivity contribution is -0.126. The summed E-state index contributed by atoms with van der Waals surface area (Å²) in [5.41, 5.74) is 3.57. The first-order valence-corrected chi connectivity index (χ1v) is 8.52. The molecule has 5 heteroatoms. The lowest BCUT2D eigenvalue weighted by atomic mass is 10.00. The summed E-state index contributed by atoms with van der Waals surface area (Å²) >= 11 is 0. The molecule has 3 aromatic rings. The number of carbonyl (C=O) groups is 1. The van der Waals surface area contributed by atoms with Gasteiger partial charge < -0.3 is 9.47 Å². The molecule has 2 aromatic carbocycles. The molecule has 0 spiro atoms. The lowest BCUT2D eigenvalue weighted by Crippen LogP contribution is -2.34. The van der Waals surface area contributed by atoms with Crippen LogP contribution in [0.25, 0.3) is 11.8 Å². The Labute approximate surface area is 151 Å². The SMILES string of the molecule is O=C(C=Cc1ccc(-n2ccnc2)c(F)c1)N1CCc2ccccc2C1. The zero-order valence-electron chi connectivity index (χ0n) is 14.2. The highest BCUT2D eigenvalue weighted by molar-refractivity contribution is 5.92. The molecule has 0 aliphatic carbocycles. The Hall–Kier alpha value is -3.21. The van der Waals surface area contributed by atoms with Crippen molar-refractivity contribution in [1.82, 2.24) is 14.5 Å². The van der Waals surface area contributed by atoms with Crippen molar-refractivity contribution in [2.45, 2.75) is 13.0 Å². The van der Waals surface area contributed by atoms with Crippen LogP contribution in [0.3, 0.4) is 0 Å². The molecule has 26 heavy (non-hydrogen) atoms. The van der Waals surface area contributed by atoms with Crippen LogP contribution >= 0.6 is 0 Å². The van der Waals surface area contributed by atoms with E-state index < -0.39 is 0 Å². The van der Waals surface area contributed by atoms with Gasteiger partial charge in [-0.05, 0) is 41.3 Å². The monoisotopic (exact) mass is 347 g/mol. The second kappa shape index (κ2) is 6.96. The fraction of sp³-hybridized carbons (Fsp3) is 0.143. The number of rotatable bonds is 3. The molecule has 1 amide bonds. The normalized spacial score (nSPS) is 13.8. The van der Waals surface area contributed by atoms with Crippen molar-refractivity contribution < 1.29 is 9.18 Å². The topological polar surface area (TPSA) is 38.1 Å². The first-order chi connectivity index (χ1) is 12.7. The van der Waals surface area contributed by atoms with Crippen LogP contribution in [0.1, 0.15) is 16.7 Å². The van der Waals surface area contributed by atoms with Crippen molar-refractivity contribution in [3.63, 3.8) is 0 Å². The average Bonchev–Trinajstić information content (AvgIpc) is 3.20. The van der Waals surface area contributed by atoms with Crippen molar-refractivity contribution in [1.29, 1.82) is 0 Å². The Morgan fingerprint density at radius 2 is 2.00 bits per heavy atom. The van der Waals surface area contributed by atoms with E-state index in [4.69, 9.17) is 0 Å². The summed E-state index contributed by atoms with van der Waals surface area (Å²) in [7, 11) is 0. The van der Waals surface area contributed by atoms with Crippen molar-refractivity contribution >= 4 is 12.0 Å². The molecule has 1 aliphatic rings. The summed E-state index contributed by atoms with van der Waals surface area (Å²) < 4.78 is 15.9. The van der Waals surface area contributed by atoms with Gasteiger partial charge in [-0.2, -0.15) is 0 Å². The fourth-order valence-corrected chi connectivity index (χ4v) is 3.19. The molecular weight excluding hydrogens is 329 g/mol. The molecule has 4 nitrogen and oxygen atoms in total. The molecule has 1 aromatic heterocycles. The van der Waals surface area contributed by atoms with Gasteiger partial charge in [0.25, 0.3) is 0 Å². The average molecular weight is 347 g/mol. The number of halogens is 1. The van der Waals surface area contributed by atoms with Gasteiger partial charge in [0.1, 0.15) is 5.82 Å². The molecular formula is C21H18FN3O. The van der Waals surface area contributed by atoms with E-state index in [1.807, 2.05) is 17.0 Å². The van der Waals surface area contributed by atoms with Crippen LogP contribution < -0.4 is 0 Å². The molecule has 2 heterocycles. The summed E-state index contributed by atoms with van der Waals surface area (Å²) in [6.45, 7) is 1.32. The third kappa shape index (κ3) is 3.28. The van der Waals surface area contributed by atoms with Gasteiger partial charge in [0.05, 0.1) is 12.0 Å². The molecule has 0 radical (unpaired) electrons. The molecule has 0 fully saturated rings. The second-order valence-electron chi connectivity index (χ2n) is 6.29. The number of fused-ring (bicyclic) bond motifs is 1. The van der Waals surface area contributed by atoms with E-state index in [0.29, 0.717) is 24.3 Å². The third-order valence-electron chi connectivity index (χ3n) is 4.61. The van der Waals surface area contributed by atoms with Crippen LogP contribution in [-0.2, 0) is 17.8 Å². The second-order valence-corrected chi connectivity index (χ2v) is 6.29. The molecule has 130 valence electrons. The molecule has 0 atom stereocenters. The highest BCUT2D eigenvalue weighted by atomic mass is 19.1. The van der Waals surface area contributed by atoms with Gasteiger partial charge >= 0.3 is 0 Å². The van der Waals surface area contributed by atoms with Gasteiger partial charge in [0.15, 0.2) is 0 Å². The van der Waals surface area contributed by atoms with Crippen molar-refractivity contribution in [3.8, 4) is 5.69 Å². The van der Waals surface area contributed by atoms with E-state index in [2.05, 4.69) is 17.1 Å². The first-order valence-electron chi connectivity index (χ1n) is 8.52. The largest absolute Gasteiger partial charge is 0.334 e. The number of nitrogens with zero attached hydrogens (tertiary/aromatic N) is 3. The summed E-state index contributed by atoms with van der Waals surface area (Å²) in [6.07, 6.45) is 8.87. The standard InChI is InChI=1S/C21H18FN3O/c22-19-13-16(5-7-20(19)25-12-10-23-15-25)6-8-21(26)24-11-9-17-3-1-2-4-18(17)14-24/h1-8,10,12-13,15H,9,11,14H2. The highest BCUT2D eigenvalue weighted by Crippen LogP contribution is 2.19. The smallest absolute Gasteiger partial charge is 0.246 e. The number of amides is 1. The van der Waals surface area contributed by atoms with Crippen LogP contribution in [0, 0.1) is 5.82 Å². The highest BCUT2D eigenvalue weighted by Gasteiger charge is 2.18. The molecule has 0 unspecified atom stereocenters. The molecule has 1 aliphatic heterocycles. The van der Waals surface area contributed by atoms with Crippen molar-refractivity contribution in [3.05, 3.63) is 89.8 Å². The zero-order valence-corrected chi connectivity index (χ0v) is 14.2. The van der Waals surface area contributed by atoms with Crippen molar-refractivity contribution in [2.75, 3.05) is 6.54 Å². The molecule has 0 saturated heterocycles. The summed E-state index contributed by atoms with van der Waals surface area (Å²) in [5, 5.41) is 0. The Balaban J connectivity index is 1.46. The maximum absolute atomic E-state index is 14.3. The molecule has 4 rings (SSSR count). The quantitative estimate of drug-likeness (QED) is 0.679. The van der Waals surface area contributed by atoms with Crippen molar-refractivity contribution in [2.24, 2.45) is 0 Å². The van der Waals surface area contributed by atoms with Crippen LogP contribution in [0.2, 0.25) is 0 Å². The van der Waals surface area contributed by atoms with Gasteiger partial charge in [-0.3, -0.25) is 4.79 Å². The van der Waals surface area contributed by atoms with E-state index in [1.54, 1.807) is 41.5 Å². The summed E-state index contributed by atoms with van der Waals surface area (Å²) in [4.78, 5) is 18.2. The third-order valence-corrected chi connectivity index (χ3v) is 4.61. The molecule has 0 saturated carbocycles. The summed E-state index contributed by atoms with van der Waals surface area (Å²) in [5.74, 6) is -0.414. The van der Waals surface area contributed by atoms with Crippen LogP contribution in [0.5, 0.6) is 0 Å². The predicted molar refractivity (Wildman–Crippen MR) is 98.1 cm³/mol. The Bertz CT molecular complexity index is 963. The van der Waals surface area contributed by atoms with E-state index >= 15 is 0 Å². The number of carbonyl (C=O) groups excluding carboxylic acids is 1.